The molecule has 0 saturated heterocycles. The summed E-state index contributed by atoms with van der Waals surface area (Å²) in [6.07, 6.45) is -0.728. The second-order valence-corrected chi connectivity index (χ2v) is 13.2. The molecule has 45 heavy (non-hydrogen) atoms. The predicted octanol–water partition coefficient (Wildman–Crippen LogP) is 7.06. The maximum Gasteiger partial charge on any atom is 0.265 e. The van der Waals surface area contributed by atoms with Crippen molar-refractivity contribution in [1.29, 1.82) is 0 Å². The number of nitrogens with one attached hydrogen (secondary N) is 1. The largest absolute Gasteiger partial charge is 0.508 e. The maximum atomic E-state index is 13.0. The smallest absolute Gasteiger partial charge is 0.265 e. The molecule has 0 bridgehead atoms. The first kappa shape index (κ1) is 31.4. The third-order valence-corrected chi connectivity index (χ3v) is 7.42. The number of carbonyl (C=O) groups is 1. The predicted molar refractivity (Wildman–Crippen MR) is 177 cm³/mol. The number of phenolic OH excluding ortho intramolecular Hbond substituents is 1. The van der Waals surface area contributed by atoms with Crippen molar-refractivity contribution in [2.45, 2.75) is 66.9 Å². The van der Waals surface area contributed by atoms with E-state index in [1.54, 1.807) is 50.4 Å². The Hall–Kier alpha value is -4.99. The zero-order valence-corrected chi connectivity index (χ0v) is 27.3. The van der Waals surface area contributed by atoms with Gasteiger partial charge in [0, 0.05) is 22.2 Å². The van der Waals surface area contributed by atoms with E-state index in [1.165, 1.54) is 4.79 Å². The monoisotopic (exact) mass is 608 g/mol. The summed E-state index contributed by atoms with van der Waals surface area (Å²) in [6, 6.07) is 17.9. The molecule has 0 fully saturated rings. The molecule has 10 nitrogen and oxygen atoms in total. The molecule has 1 aromatic heterocycles. The Morgan fingerprint density at radius 1 is 0.978 bits per heavy atom. The normalized spacial score (nSPS) is 14.6. The first-order chi connectivity index (χ1) is 21.1. The van der Waals surface area contributed by atoms with Crippen molar-refractivity contribution < 1.29 is 19.4 Å². The van der Waals surface area contributed by atoms with Crippen molar-refractivity contribution in [3.05, 3.63) is 77.6 Å². The molecule has 0 radical (unpaired) electrons. The fourth-order valence-electron chi connectivity index (χ4n) is 4.94. The Bertz CT molecular complexity index is 1810. The molecule has 1 aliphatic rings. The van der Waals surface area contributed by atoms with Gasteiger partial charge in [-0.05, 0) is 85.5 Å². The van der Waals surface area contributed by atoms with E-state index in [2.05, 4.69) is 52.0 Å². The molecular weight excluding hydrogens is 568 g/mol. The van der Waals surface area contributed by atoms with Gasteiger partial charge in [-0.15, -0.1) is 9.89 Å². The molecular formula is C35H40N6O4. The number of fused-ring (bicyclic) bond motifs is 1. The van der Waals surface area contributed by atoms with E-state index in [4.69, 9.17) is 24.6 Å². The number of aliphatic imine (C=N–C) groups is 1. The molecule has 4 aromatic rings. The van der Waals surface area contributed by atoms with Gasteiger partial charge in [0.05, 0.1) is 18.5 Å². The van der Waals surface area contributed by atoms with Gasteiger partial charge < -0.3 is 19.9 Å². The summed E-state index contributed by atoms with van der Waals surface area (Å²) in [5.74, 6) is 2.32. The number of rotatable bonds is 7. The van der Waals surface area contributed by atoms with Crippen molar-refractivity contribution in [1.82, 2.24) is 14.9 Å². The van der Waals surface area contributed by atoms with E-state index in [-0.39, 0.29) is 22.5 Å². The zero-order valence-electron chi connectivity index (χ0n) is 27.3. The second-order valence-electron chi connectivity index (χ2n) is 13.2. The average Bonchev–Trinajstić information content (AvgIpc) is 3.53. The van der Waals surface area contributed by atoms with Gasteiger partial charge >= 0.3 is 0 Å². The number of aryl methyl sites for hydroxylation is 1. The summed E-state index contributed by atoms with van der Waals surface area (Å²) in [5, 5.41) is 22.1. The number of amides is 1. The van der Waals surface area contributed by atoms with Crippen LogP contribution in [0, 0.1) is 12.3 Å². The number of hydrogen-bond donors (Lipinski definition) is 2. The van der Waals surface area contributed by atoms with E-state index in [0.29, 0.717) is 28.8 Å². The Balaban J connectivity index is 1.32. The Morgan fingerprint density at radius 2 is 1.69 bits per heavy atom. The van der Waals surface area contributed by atoms with E-state index < -0.39 is 6.10 Å². The van der Waals surface area contributed by atoms with E-state index in [9.17, 15) is 9.90 Å². The molecule has 2 heterocycles. The van der Waals surface area contributed by atoms with Crippen LogP contribution in [0.3, 0.4) is 0 Å². The SMILES string of the molecule is COc1ccc(OC(C)C(=O)Nc2ccc(-c3nc4n(n3)N=C(C(C)(C)C)C4=Nc3ccc(O)cc3C)cc2)cc1C(C)(C)C. The Labute approximate surface area is 263 Å². The van der Waals surface area contributed by atoms with Crippen molar-refractivity contribution in [3.8, 4) is 28.6 Å². The van der Waals surface area contributed by atoms with Gasteiger partial charge in [-0.1, -0.05) is 41.5 Å². The molecule has 0 aliphatic carbocycles. The van der Waals surface area contributed by atoms with Crippen molar-refractivity contribution in [2.75, 3.05) is 12.4 Å². The molecule has 5 rings (SSSR count). The van der Waals surface area contributed by atoms with Gasteiger partial charge in [-0.3, -0.25) is 4.79 Å². The number of phenols is 1. The van der Waals surface area contributed by atoms with Crippen LogP contribution in [0.4, 0.5) is 11.4 Å². The fraction of sp³-hybridized carbons (Fsp3) is 0.343. The highest BCUT2D eigenvalue weighted by atomic mass is 16.5. The van der Waals surface area contributed by atoms with Crippen LogP contribution in [0.15, 0.2) is 70.8 Å². The van der Waals surface area contributed by atoms with Gasteiger partial charge in [-0.2, -0.15) is 5.10 Å². The maximum absolute atomic E-state index is 13.0. The number of nitrogens with zero attached hydrogens (tertiary/aromatic N) is 5. The Kier molecular flexibility index (Phi) is 8.27. The number of ether oxygens (including phenoxy) is 2. The molecule has 10 heteroatoms. The minimum atomic E-state index is -0.728. The summed E-state index contributed by atoms with van der Waals surface area (Å²) < 4.78 is 11.5. The van der Waals surface area contributed by atoms with Gasteiger partial charge in [-0.25, -0.2) is 9.98 Å². The van der Waals surface area contributed by atoms with Crippen molar-refractivity contribution >= 4 is 28.7 Å². The second kappa shape index (κ2) is 11.8. The highest BCUT2D eigenvalue weighted by Gasteiger charge is 2.35. The lowest BCUT2D eigenvalue weighted by Crippen LogP contribution is -2.30. The number of anilines is 1. The van der Waals surface area contributed by atoms with Crippen LogP contribution >= 0.6 is 0 Å². The van der Waals surface area contributed by atoms with Crippen LogP contribution in [-0.2, 0) is 10.2 Å². The summed E-state index contributed by atoms with van der Waals surface area (Å²) in [6.45, 7) is 16.1. The highest BCUT2D eigenvalue weighted by molar-refractivity contribution is 6.50. The lowest BCUT2D eigenvalue weighted by molar-refractivity contribution is -0.122. The minimum absolute atomic E-state index is 0.149. The summed E-state index contributed by atoms with van der Waals surface area (Å²) in [4.78, 5) is 24.2. The average molecular weight is 609 g/mol. The van der Waals surface area contributed by atoms with E-state index >= 15 is 0 Å². The highest BCUT2D eigenvalue weighted by Crippen LogP contribution is 2.35. The number of benzene rings is 3. The third-order valence-electron chi connectivity index (χ3n) is 7.42. The lowest BCUT2D eigenvalue weighted by atomic mass is 9.86. The van der Waals surface area contributed by atoms with Gasteiger partial charge in [0.2, 0.25) is 5.82 Å². The van der Waals surface area contributed by atoms with Crippen LogP contribution < -0.4 is 14.8 Å². The number of carbonyl (C=O) groups excluding carboxylic acids is 1. The number of hydrogen-bond acceptors (Lipinski definition) is 8. The van der Waals surface area contributed by atoms with Gasteiger partial charge in [0.25, 0.3) is 5.91 Å². The summed E-state index contributed by atoms with van der Waals surface area (Å²) in [5.41, 5.74) is 4.91. The van der Waals surface area contributed by atoms with Crippen LogP contribution in [-0.4, -0.2) is 50.5 Å². The molecule has 0 spiro atoms. The standard InChI is InChI=1S/C35H40N6O4/c1-20-18-24(42)14-16-27(20)37-29-30(35(6,7)8)39-41-32(29)38-31(40-41)22-10-12-23(13-11-22)36-33(43)21(2)45-25-15-17-28(44-9)26(19-25)34(3,4)5/h10-19,21,42H,1-9H3,(H,36,43). The molecule has 0 saturated carbocycles. The van der Waals surface area contributed by atoms with Crippen LogP contribution in [0.2, 0.25) is 0 Å². The number of aromatic nitrogens is 3. The quantitative estimate of drug-likeness (QED) is 0.232. The third kappa shape index (κ3) is 6.74. The first-order valence-corrected chi connectivity index (χ1v) is 14.9. The molecule has 3 aromatic carbocycles. The Morgan fingerprint density at radius 3 is 2.31 bits per heavy atom. The van der Waals surface area contributed by atoms with E-state index in [0.717, 1.165) is 33.8 Å². The van der Waals surface area contributed by atoms with Crippen LogP contribution in [0.1, 0.15) is 65.4 Å². The molecule has 1 unspecified atom stereocenters. The van der Waals surface area contributed by atoms with Crippen molar-refractivity contribution in [2.24, 2.45) is 15.5 Å². The molecule has 1 aliphatic heterocycles. The molecule has 2 N–H and O–H groups in total. The molecule has 1 atom stereocenters. The topological polar surface area (TPSA) is 123 Å². The molecule has 234 valence electrons. The van der Waals surface area contributed by atoms with Gasteiger partial charge in [0.15, 0.2) is 11.9 Å². The van der Waals surface area contributed by atoms with Gasteiger partial charge in [0.1, 0.15) is 23.0 Å². The molecule has 1 amide bonds. The zero-order chi connectivity index (χ0) is 32.7. The fourth-order valence-corrected chi connectivity index (χ4v) is 4.94. The lowest BCUT2D eigenvalue weighted by Gasteiger charge is -2.23. The van der Waals surface area contributed by atoms with Crippen LogP contribution in [0.25, 0.3) is 11.4 Å². The van der Waals surface area contributed by atoms with Crippen molar-refractivity contribution in [3.63, 3.8) is 0 Å². The minimum Gasteiger partial charge on any atom is -0.508 e. The number of aromatic hydroxyl groups is 1. The summed E-state index contributed by atoms with van der Waals surface area (Å²) in [7, 11) is 1.64. The van der Waals surface area contributed by atoms with E-state index in [1.807, 2.05) is 31.2 Å². The summed E-state index contributed by atoms with van der Waals surface area (Å²) >= 11 is 0. The van der Waals surface area contributed by atoms with Crippen LogP contribution in [0.5, 0.6) is 17.2 Å². The first-order valence-electron chi connectivity index (χ1n) is 14.9. The number of methoxy groups -OCH3 is 1.